The van der Waals surface area contributed by atoms with Crippen molar-refractivity contribution in [2.45, 2.75) is 53.2 Å². The Kier molecular flexibility index (Phi) is 4.33. The molecule has 0 spiro atoms. The predicted molar refractivity (Wildman–Crippen MR) is 61.7 cm³/mol. The van der Waals surface area contributed by atoms with E-state index in [1.165, 1.54) is 0 Å². The van der Waals surface area contributed by atoms with Crippen molar-refractivity contribution in [1.29, 1.82) is 0 Å². The summed E-state index contributed by atoms with van der Waals surface area (Å²) >= 11 is 0. The van der Waals surface area contributed by atoms with E-state index in [1.54, 1.807) is 0 Å². The van der Waals surface area contributed by atoms with Crippen LogP contribution in [0, 0.1) is 12.8 Å². The highest BCUT2D eigenvalue weighted by Crippen LogP contribution is 2.27. The SMILES string of the molecule is CCC(CC)C(O)c1cc(C)nn1CC. The fourth-order valence-electron chi connectivity index (χ4n) is 2.03. The molecule has 1 aromatic heterocycles. The van der Waals surface area contributed by atoms with Crippen molar-refractivity contribution in [3.05, 3.63) is 17.5 Å². The molecule has 3 nitrogen and oxygen atoms in total. The van der Waals surface area contributed by atoms with Crippen molar-refractivity contribution in [3.8, 4) is 0 Å². The maximum absolute atomic E-state index is 10.2. The van der Waals surface area contributed by atoms with Gasteiger partial charge in [-0.1, -0.05) is 26.7 Å². The third-order valence-corrected chi connectivity index (χ3v) is 3.03. The lowest BCUT2D eigenvalue weighted by molar-refractivity contribution is 0.0943. The van der Waals surface area contributed by atoms with E-state index in [4.69, 9.17) is 0 Å². The standard InChI is InChI=1S/C12H22N2O/c1-5-10(6-2)12(15)11-8-9(4)13-14(11)7-3/h8,10,12,15H,5-7H2,1-4H3. The summed E-state index contributed by atoms with van der Waals surface area (Å²) in [6.07, 6.45) is 1.64. The van der Waals surface area contributed by atoms with Crippen LogP contribution in [0.4, 0.5) is 0 Å². The third-order valence-electron chi connectivity index (χ3n) is 3.03. The van der Waals surface area contributed by atoms with E-state index in [1.807, 2.05) is 17.7 Å². The lowest BCUT2D eigenvalue weighted by atomic mass is 9.94. The Balaban J connectivity index is 2.93. The molecule has 1 aromatic rings. The molecule has 0 saturated carbocycles. The number of hydrogen-bond acceptors (Lipinski definition) is 2. The summed E-state index contributed by atoms with van der Waals surface area (Å²) in [4.78, 5) is 0. The molecule has 3 heteroatoms. The Labute approximate surface area is 92.1 Å². The third kappa shape index (κ3) is 2.59. The highest BCUT2D eigenvalue weighted by atomic mass is 16.3. The van der Waals surface area contributed by atoms with Crippen LogP contribution < -0.4 is 0 Å². The first-order chi connectivity index (χ1) is 7.13. The number of rotatable bonds is 5. The molecule has 0 aliphatic rings. The fraction of sp³-hybridized carbons (Fsp3) is 0.750. The summed E-state index contributed by atoms with van der Waals surface area (Å²) in [6, 6.07) is 1.99. The van der Waals surface area contributed by atoms with Crippen LogP contribution in [0.2, 0.25) is 0 Å². The van der Waals surface area contributed by atoms with Gasteiger partial charge in [-0.25, -0.2) is 0 Å². The molecule has 1 N–H and O–H groups in total. The maximum Gasteiger partial charge on any atom is 0.0984 e. The van der Waals surface area contributed by atoms with E-state index >= 15 is 0 Å². The summed E-state index contributed by atoms with van der Waals surface area (Å²) in [5.74, 6) is 0.339. The van der Waals surface area contributed by atoms with Gasteiger partial charge in [0.1, 0.15) is 0 Å². The zero-order valence-corrected chi connectivity index (χ0v) is 10.2. The molecule has 0 aliphatic heterocycles. The molecular formula is C12H22N2O. The van der Waals surface area contributed by atoms with Crippen LogP contribution in [0.3, 0.4) is 0 Å². The van der Waals surface area contributed by atoms with Gasteiger partial charge >= 0.3 is 0 Å². The van der Waals surface area contributed by atoms with Crippen LogP contribution in [-0.4, -0.2) is 14.9 Å². The molecule has 0 aliphatic carbocycles. The average molecular weight is 210 g/mol. The Morgan fingerprint density at radius 1 is 1.33 bits per heavy atom. The monoisotopic (exact) mass is 210 g/mol. The second-order valence-corrected chi connectivity index (χ2v) is 4.05. The van der Waals surface area contributed by atoms with E-state index in [2.05, 4.69) is 25.9 Å². The zero-order chi connectivity index (χ0) is 11.4. The van der Waals surface area contributed by atoms with Gasteiger partial charge in [0, 0.05) is 6.54 Å². The van der Waals surface area contributed by atoms with E-state index < -0.39 is 0 Å². The van der Waals surface area contributed by atoms with Gasteiger partial charge < -0.3 is 5.11 Å². The Bertz CT molecular complexity index is 303. The molecule has 0 amide bonds. The first-order valence-electron chi connectivity index (χ1n) is 5.86. The summed E-state index contributed by atoms with van der Waals surface area (Å²) in [5, 5.41) is 14.6. The van der Waals surface area contributed by atoms with Crippen molar-refractivity contribution < 1.29 is 5.11 Å². The van der Waals surface area contributed by atoms with Gasteiger partial charge in [-0.15, -0.1) is 0 Å². The summed E-state index contributed by atoms with van der Waals surface area (Å²) < 4.78 is 1.90. The molecular weight excluding hydrogens is 188 g/mol. The number of hydrogen-bond donors (Lipinski definition) is 1. The molecule has 0 saturated heterocycles. The van der Waals surface area contributed by atoms with Crippen molar-refractivity contribution >= 4 is 0 Å². The minimum absolute atomic E-state index is 0.339. The van der Waals surface area contributed by atoms with Crippen LogP contribution in [0.15, 0.2) is 6.07 Å². The topological polar surface area (TPSA) is 38.1 Å². The molecule has 1 atom stereocenters. The Morgan fingerprint density at radius 3 is 2.40 bits per heavy atom. The van der Waals surface area contributed by atoms with Gasteiger partial charge in [0.15, 0.2) is 0 Å². The summed E-state index contributed by atoms with van der Waals surface area (Å²) in [6.45, 7) is 9.08. The highest BCUT2D eigenvalue weighted by Gasteiger charge is 2.21. The van der Waals surface area contributed by atoms with Crippen LogP contribution in [-0.2, 0) is 6.54 Å². The van der Waals surface area contributed by atoms with Gasteiger partial charge in [-0.3, -0.25) is 4.68 Å². The Hall–Kier alpha value is -0.830. The van der Waals surface area contributed by atoms with E-state index in [0.29, 0.717) is 5.92 Å². The number of aliphatic hydroxyl groups is 1. The predicted octanol–water partition coefficient (Wildman–Crippen LogP) is 2.68. The minimum Gasteiger partial charge on any atom is -0.387 e. The van der Waals surface area contributed by atoms with Gasteiger partial charge in [0.05, 0.1) is 17.5 Å². The lowest BCUT2D eigenvalue weighted by Crippen LogP contribution is -2.15. The first-order valence-corrected chi connectivity index (χ1v) is 5.86. The van der Waals surface area contributed by atoms with Crippen LogP contribution in [0.5, 0.6) is 0 Å². The summed E-state index contributed by atoms with van der Waals surface area (Å²) in [7, 11) is 0. The molecule has 1 heterocycles. The second kappa shape index (κ2) is 5.31. The maximum atomic E-state index is 10.2. The first kappa shape index (κ1) is 12.2. The molecule has 86 valence electrons. The lowest BCUT2D eigenvalue weighted by Gasteiger charge is -2.20. The Morgan fingerprint density at radius 2 is 1.93 bits per heavy atom. The van der Waals surface area contributed by atoms with Gasteiger partial charge in [0.25, 0.3) is 0 Å². The molecule has 0 radical (unpaired) electrons. The van der Waals surface area contributed by atoms with Crippen molar-refractivity contribution in [3.63, 3.8) is 0 Å². The number of aromatic nitrogens is 2. The van der Waals surface area contributed by atoms with Crippen molar-refractivity contribution in [2.24, 2.45) is 5.92 Å². The van der Waals surface area contributed by atoms with Crippen molar-refractivity contribution in [1.82, 2.24) is 9.78 Å². The molecule has 1 unspecified atom stereocenters. The van der Waals surface area contributed by atoms with Crippen LogP contribution >= 0.6 is 0 Å². The van der Waals surface area contributed by atoms with Crippen LogP contribution in [0.1, 0.15) is 51.1 Å². The molecule has 0 fully saturated rings. The number of nitrogens with zero attached hydrogens (tertiary/aromatic N) is 2. The van der Waals surface area contributed by atoms with Crippen molar-refractivity contribution in [2.75, 3.05) is 0 Å². The molecule has 1 rings (SSSR count). The second-order valence-electron chi connectivity index (χ2n) is 4.05. The highest BCUT2D eigenvalue weighted by molar-refractivity contribution is 5.12. The van der Waals surface area contributed by atoms with Gasteiger partial charge in [-0.05, 0) is 25.8 Å². The minimum atomic E-state index is -0.374. The normalized spacial score (nSPS) is 13.5. The van der Waals surface area contributed by atoms with Crippen LogP contribution in [0.25, 0.3) is 0 Å². The zero-order valence-electron chi connectivity index (χ0n) is 10.2. The van der Waals surface area contributed by atoms with E-state index in [9.17, 15) is 5.11 Å². The average Bonchev–Trinajstić information content (AvgIpc) is 2.61. The van der Waals surface area contributed by atoms with E-state index in [-0.39, 0.29) is 6.10 Å². The molecule has 15 heavy (non-hydrogen) atoms. The van der Waals surface area contributed by atoms with Gasteiger partial charge in [-0.2, -0.15) is 5.10 Å². The number of aryl methyl sites for hydroxylation is 2. The van der Waals surface area contributed by atoms with Gasteiger partial charge in [0.2, 0.25) is 0 Å². The summed E-state index contributed by atoms with van der Waals surface area (Å²) in [5.41, 5.74) is 1.94. The fourth-order valence-corrected chi connectivity index (χ4v) is 2.03. The molecule has 0 aromatic carbocycles. The molecule has 0 bridgehead atoms. The largest absolute Gasteiger partial charge is 0.387 e. The van der Waals surface area contributed by atoms with E-state index in [0.717, 1.165) is 30.8 Å². The smallest absolute Gasteiger partial charge is 0.0984 e. The number of aliphatic hydroxyl groups excluding tert-OH is 1. The quantitative estimate of drug-likeness (QED) is 0.811.